The zero-order valence-electron chi connectivity index (χ0n) is 9.41. The molecule has 1 rings (SSSR count). The number of hydrogen-bond acceptors (Lipinski definition) is 3. The van der Waals surface area contributed by atoms with Gasteiger partial charge in [0.25, 0.3) is 0 Å². The van der Waals surface area contributed by atoms with Crippen LogP contribution in [0.1, 0.15) is 23.7 Å². The lowest BCUT2D eigenvalue weighted by Crippen LogP contribution is -2.25. The van der Waals surface area contributed by atoms with Crippen molar-refractivity contribution in [1.82, 2.24) is 4.72 Å². The number of hydrogen-bond donors (Lipinski definition) is 2. The molecule has 100 valence electrons. The summed E-state index contributed by atoms with van der Waals surface area (Å²) in [6.45, 7) is 1.94. The molecular formula is C10H11ClFNO4S. The second-order valence-corrected chi connectivity index (χ2v) is 5.61. The van der Waals surface area contributed by atoms with Crippen LogP contribution >= 0.6 is 11.6 Å². The maximum Gasteiger partial charge on any atom is 0.338 e. The summed E-state index contributed by atoms with van der Waals surface area (Å²) in [5.74, 6) is -2.64. The Kier molecular flexibility index (Phi) is 4.66. The Morgan fingerprint density at radius 2 is 2.11 bits per heavy atom. The summed E-state index contributed by atoms with van der Waals surface area (Å²) in [4.78, 5) is 10.3. The molecular weight excluding hydrogens is 285 g/mol. The smallest absolute Gasteiger partial charge is 0.338 e. The Bertz CT molecular complexity index is 573. The van der Waals surface area contributed by atoms with Gasteiger partial charge in [-0.2, -0.15) is 0 Å². The van der Waals surface area contributed by atoms with E-state index in [9.17, 15) is 17.6 Å². The van der Waals surface area contributed by atoms with Crippen molar-refractivity contribution in [2.24, 2.45) is 0 Å². The number of rotatable bonds is 5. The van der Waals surface area contributed by atoms with Crippen LogP contribution in [-0.2, 0) is 10.0 Å². The average Bonchev–Trinajstić information content (AvgIpc) is 2.25. The molecule has 0 aliphatic carbocycles. The first-order chi connectivity index (χ1) is 8.29. The van der Waals surface area contributed by atoms with Gasteiger partial charge in [-0.3, -0.25) is 0 Å². The third kappa shape index (κ3) is 3.18. The van der Waals surface area contributed by atoms with E-state index in [1.54, 1.807) is 6.92 Å². The molecule has 0 aliphatic rings. The highest BCUT2D eigenvalue weighted by Gasteiger charge is 2.22. The van der Waals surface area contributed by atoms with Gasteiger partial charge < -0.3 is 5.11 Å². The molecule has 0 heterocycles. The Balaban J connectivity index is 3.33. The SMILES string of the molecule is CCCNS(=O)(=O)c1cc(C(=O)O)c(F)cc1Cl. The Hall–Kier alpha value is -1.18. The van der Waals surface area contributed by atoms with Gasteiger partial charge in [-0.1, -0.05) is 18.5 Å². The van der Waals surface area contributed by atoms with E-state index in [2.05, 4.69) is 4.72 Å². The lowest BCUT2D eigenvalue weighted by molar-refractivity contribution is 0.0691. The van der Waals surface area contributed by atoms with Crippen LogP contribution in [0.25, 0.3) is 0 Å². The summed E-state index contributed by atoms with van der Waals surface area (Å²) in [5.41, 5.74) is -0.740. The molecule has 0 unspecified atom stereocenters. The fraction of sp³-hybridized carbons (Fsp3) is 0.300. The maximum atomic E-state index is 13.2. The lowest BCUT2D eigenvalue weighted by Gasteiger charge is -2.09. The van der Waals surface area contributed by atoms with Crippen LogP contribution in [0.15, 0.2) is 17.0 Å². The van der Waals surface area contributed by atoms with Crippen molar-refractivity contribution in [3.05, 3.63) is 28.5 Å². The number of carbonyl (C=O) groups is 1. The number of carboxylic acids is 1. The average molecular weight is 296 g/mol. The van der Waals surface area contributed by atoms with Crippen LogP contribution < -0.4 is 4.72 Å². The monoisotopic (exact) mass is 295 g/mol. The predicted molar refractivity (Wildman–Crippen MR) is 63.8 cm³/mol. The summed E-state index contributed by atoms with van der Waals surface area (Å²) in [6, 6.07) is 1.38. The van der Waals surface area contributed by atoms with Crippen LogP contribution in [-0.4, -0.2) is 26.0 Å². The molecule has 0 spiro atoms. The summed E-state index contributed by atoms with van der Waals surface area (Å²) in [6.07, 6.45) is 0.559. The van der Waals surface area contributed by atoms with E-state index in [0.29, 0.717) is 18.6 Å². The van der Waals surface area contributed by atoms with Gasteiger partial charge >= 0.3 is 5.97 Å². The molecule has 5 nitrogen and oxygen atoms in total. The van der Waals surface area contributed by atoms with Gasteiger partial charge in [-0.15, -0.1) is 0 Å². The highest BCUT2D eigenvalue weighted by atomic mass is 35.5. The zero-order chi connectivity index (χ0) is 13.9. The van der Waals surface area contributed by atoms with E-state index in [-0.39, 0.29) is 11.6 Å². The fourth-order valence-electron chi connectivity index (χ4n) is 1.21. The molecule has 0 aromatic heterocycles. The van der Waals surface area contributed by atoms with Crippen LogP contribution in [0.5, 0.6) is 0 Å². The normalized spacial score (nSPS) is 11.5. The predicted octanol–water partition coefficient (Wildman–Crippen LogP) is 1.87. The van der Waals surface area contributed by atoms with Gasteiger partial charge in [0.1, 0.15) is 10.7 Å². The number of benzene rings is 1. The van der Waals surface area contributed by atoms with E-state index < -0.39 is 32.3 Å². The van der Waals surface area contributed by atoms with Gasteiger partial charge in [0, 0.05) is 6.54 Å². The molecule has 0 amide bonds. The summed E-state index contributed by atoms with van der Waals surface area (Å²) < 4.78 is 39.0. The van der Waals surface area contributed by atoms with Crippen molar-refractivity contribution in [1.29, 1.82) is 0 Å². The fourth-order valence-corrected chi connectivity index (χ4v) is 2.89. The van der Waals surface area contributed by atoms with Gasteiger partial charge in [0.2, 0.25) is 10.0 Å². The number of halogens is 2. The Labute approximate surface area is 109 Å². The summed E-state index contributed by atoms with van der Waals surface area (Å²) in [5, 5.41) is 8.36. The van der Waals surface area contributed by atoms with Gasteiger partial charge in [-0.05, 0) is 18.6 Å². The molecule has 1 aromatic carbocycles. The first-order valence-electron chi connectivity index (χ1n) is 5.01. The Morgan fingerprint density at radius 1 is 1.50 bits per heavy atom. The molecule has 8 heteroatoms. The van der Waals surface area contributed by atoms with Gasteiger partial charge in [0.15, 0.2) is 0 Å². The first-order valence-corrected chi connectivity index (χ1v) is 6.87. The molecule has 0 saturated heterocycles. The third-order valence-electron chi connectivity index (χ3n) is 2.08. The van der Waals surface area contributed by atoms with E-state index >= 15 is 0 Å². The van der Waals surface area contributed by atoms with Crippen LogP contribution in [0.3, 0.4) is 0 Å². The minimum absolute atomic E-state index is 0.179. The molecule has 2 N–H and O–H groups in total. The molecule has 0 bridgehead atoms. The molecule has 18 heavy (non-hydrogen) atoms. The van der Waals surface area contributed by atoms with E-state index in [4.69, 9.17) is 16.7 Å². The number of aromatic carboxylic acids is 1. The number of carboxylic acid groups (broad SMARTS) is 1. The summed E-state index contributed by atoms with van der Waals surface area (Å²) in [7, 11) is -3.94. The van der Waals surface area contributed by atoms with Crippen molar-refractivity contribution in [3.8, 4) is 0 Å². The van der Waals surface area contributed by atoms with E-state index in [1.165, 1.54) is 0 Å². The van der Waals surface area contributed by atoms with Crippen molar-refractivity contribution in [2.45, 2.75) is 18.2 Å². The standard InChI is InChI=1S/C10H11ClFNO4S/c1-2-3-13-18(16,17)9-4-6(10(14)15)8(12)5-7(9)11/h4-5,13H,2-3H2,1H3,(H,14,15). The molecule has 0 atom stereocenters. The highest BCUT2D eigenvalue weighted by Crippen LogP contribution is 2.25. The summed E-state index contributed by atoms with van der Waals surface area (Å²) >= 11 is 5.62. The largest absolute Gasteiger partial charge is 0.478 e. The van der Waals surface area contributed by atoms with Crippen molar-refractivity contribution in [3.63, 3.8) is 0 Å². The van der Waals surface area contributed by atoms with Crippen molar-refractivity contribution in [2.75, 3.05) is 6.54 Å². The van der Waals surface area contributed by atoms with E-state index in [1.807, 2.05) is 0 Å². The maximum absolute atomic E-state index is 13.2. The second kappa shape index (κ2) is 5.64. The van der Waals surface area contributed by atoms with Gasteiger partial charge in [0.05, 0.1) is 10.6 Å². The van der Waals surface area contributed by atoms with Crippen LogP contribution in [0, 0.1) is 5.82 Å². The first kappa shape index (κ1) is 14.9. The highest BCUT2D eigenvalue weighted by molar-refractivity contribution is 7.89. The molecule has 0 saturated carbocycles. The molecule has 1 aromatic rings. The van der Waals surface area contributed by atoms with Crippen molar-refractivity contribution >= 4 is 27.6 Å². The lowest BCUT2D eigenvalue weighted by atomic mass is 10.2. The van der Waals surface area contributed by atoms with Crippen molar-refractivity contribution < 1.29 is 22.7 Å². The number of sulfonamides is 1. The second-order valence-electron chi connectivity index (χ2n) is 3.47. The van der Waals surface area contributed by atoms with Crippen LogP contribution in [0.2, 0.25) is 5.02 Å². The quantitative estimate of drug-likeness (QED) is 0.868. The zero-order valence-corrected chi connectivity index (χ0v) is 11.0. The number of nitrogens with one attached hydrogen (secondary N) is 1. The topological polar surface area (TPSA) is 83.5 Å². The third-order valence-corrected chi connectivity index (χ3v) is 4.01. The van der Waals surface area contributed by atoms with E-state index in [0.717, 1.165) is 0 Å². The molecule has 0 fully saturated rings. The Morgan fingerprint density at radius 3 is 2.61 bits per heavy atom. The molecule has 0 radical (unpaired) electrons. The van der Waals surface area contributed by atoms with Gasteiger partial charge in [-0.25, -0.2) is 22.3 Å². The minimum Gasteiger partial charge on any atom is -0.478 e. The van der Waals surface area contributed by atoms with Crippen LogP contribution in [0.4, 0.5) is 4.39 Å². The molecule has 0 aliphatic heterocycles. The minimum atomic E-state index is -3.94.